The van der Waals surface area contributed by atoms with Gasteiger partial charge in [0, 0.05) is 6.07 Å². The van der Waals surface area contributed by atoms with E-state index in [-0.39, 0.29) is 35.9 Å². The molecule has 0 aromatic heterocycles. The quantitative estimate of drug-likeness (QED) is 0.613. The Hall–Kier alpha value is -2.81. The molecule has 4 aliphatic rings. The van der Waals surface area contributed by atoms with Gasteiger partial charge in [0.05, 0.1) is 35.5 Å². The van der Waals surface area contributed by atoms with E-state index in [1.54, 1.807) is 4.90 Å². The molecule has 25 heavy (non-hydrogen) atoms. The monoisotopic (exact) mass is 338 g/mol. The van der Waals surface area contributed by atoms with Crippen LogP contribution in [0.1, 0.15) is 19.3 Å². The molecule has 0 bridgehead atoms. The number of ether oxygens (including phenoxy) is 1. The maximum atomic E-state index is 14.7. The van der Waals surface area contributed by atoms with Crippen molar-refractivity contribution >= 4 is 23.2 Å². The molecule has 1 spiro atoms. The average Bonchev–Trinajstić information content (AvgIpc) is 3.47. The molecule has 126 valence electrons. The fraction of sp³-hybridized carbons (Fsp3) is 0.368. The van der Waals surface area contributed by atoms with E-state index in [4.69, 9.17) is 11.2 Å². The van der Waals surface area contributed by atoms with Gasteiger partial charge in [-0.15, -0.1) is 6.42 Å². The van der Waals surface area contributed by atoms with Crippen LogP contribution in [0.4, 0.5) is 15.8 Å². The Balaban J connectivity index is 1.62. The Labute approximate surface area is 144 Å². The predicted molar refractivity (Wildman–Crippen MR) is 88.4 cm³/mol. The highest BCUT2D eigenvalue weighted by atomic mass is 19.1. The van der Waals surface area contributed by atoms with Gasteiger partial charge in [0.2, 0.25) is 11.8 Å². The lowest BCUT2D eigenvalue weighted by Gasteiger charge is -2.38. The lowest BCUT2D eigenvalue weighted by Crippen LogP contribution is -2.40. The molecule has 1 saturated heterocycles. The van der Waals surface area contributed by atoms with Gasteiger partial charge >= 0.3 is 0 Å². The number of hydrogen-bond acceptors (Lipinski definition) is 4. The zero-order valence-corrected chi connectivity index (χ0v) is 13.4. The Morgan fingerprint density at radius 2 is 1.96 bits per heavy atom. The minimum Gasteiger partial charge on any atom is -0.479 e. The number of terminal acetylenes is 1. The molecule has 1 aromatic carbocycles. The zero-order valence-electron chi connectivity index (χ0n) is 13.4. The first-order valence-electron chi connectivity index (χ1n) is 8.27. The van der Waals surface area contributed by atoms with Crippen molar-refractivity contribution in [1.82, 2.24) is 0 Å². The van der Waals surface area contributed by atoms with E-state index in [1.165, 1.54) is 12.1 Å². The maximum absolute atomic E-state index is 14.7. The summed E-state index contributed by atoms with van der Waals surface area (Å²) in [5, 5.41) is 0. The molecule has 2 atom stereocenters. The van der Waals surface area contributed by atoms with Crippen molar-refractivity contribution in [3.63, 3.8) is 0 Å². The number of fused-ring (bicyclic) bond motifs is 2. The smallest absolute Gasteiger partial charge is 0.237 e. The lowest BCUT2D eigenvalue weighted by atomic mass is 10.1. The second-order valence-corrected chi connectivity index (χ2v) is 7.07. The molecule has 2 saturated carbocycles. The molecular formula is C19H15FN2O3. The summed E-state index contributed by atoms with van der Waals surface area (Å²) < 4.78 is 20.7. The first-order chi connectivity index (χ1) is 12.0. The van der Waals surface area contributed by atoms with Gasteiger partial charge in [0.25, 0.3) is 0 Å². The molecule has 5 rings (SSSR count). The van der Waals surface area contributed by atoms with Crippen molar-refractivity contribution in [2.24, 2.45) is 11.8 Å². The first kappa shape index (κ1) is 14.5. The fourth-order valence-corrected chi connectivity index (χ4v) is 3.85. The summed E-state index contributed by atoms with van der Waals surface area (Å²) in [7, 11) is 0. The number of rotatable bonds is 2. The number of benzene rings is 1. The van der Waals surface area contributed by atoms with Crippen LogP contribution >= 0.6 is 0 Å². The van der Waals surface area contributed by atoms with Crippen LogP contribution in [0.3, 0.4) is 0 Å². The summed E-state index contributed by atoms with van der Waals surface area (Å²) in [6.45, 7) is 4.35. The van der Waals surface area contributed by atoms with Gasteiger partial charge in [-0.1, -0.05) is 12.5 Å². The Kier molecular flexibility index (Phi) is 2.57. The van der Waals surface area contributed by atoms with Gasteiger partial charge in [-0.2, -0.15) is 0 Å². The highest BCUT2D eigenvalue weighted by Crippen LogP contribution is 2.55. The van der Waals surface area contributed by atoms with Gasteiger partial charge < -0.3 is 9.64 Å². The van der Waals surface area contributed by atoms with Crippen molar-refractivity contribution in [2.75, 3.05) is 16.3 Å². The van der Waals surface area contributed by atoms with E-state index >= 15 is 0 Å². The van der Waals surface area contributed by atoms with Gasteiger partial charge in [0.1, 0.15) is 11.4 Å². The van der Waals surface area contributed by atoms with Crippen LogP contribution in [0.5, 0.6) is 5.75 Å². The van der Waals surface area contributed by atoms with Crippen LogP contribution in [-0.2, 0) is 9.59 Å². The van der Waals surface area contributed by atoms with Gasteiger partial charge in [0.15, 0.2) is 5.82 Å². The van der Waals surface area contributed by atoms with Gasteiger partial charge in [-0.05, 0) is 25.3 Å². The Morgan fingerprint density at radius 1 is 1.28 bits per heavy atom. The SMILES string of the molecule is C#CCN1C(=C)C2(CC2)Oc2cc(F)c(N3C(=O)C4CC4C3=O)cc21. The number of hydrogen-bond donors (Lipinski definition) is 0. The molecule has 2 aliphatic heterocycles. The Bertz CT molecular complexity index is 892. The van der Waals surface area contributed by atoms with Crippen LogP contribution < -0.4 is 14.5 Å². The second kappa shape index (κ2) is 4.42. The molecule has 2 aliphatic carbocycles. The molecule has 5 nitrogen and oxygen atoms in total. The van der Waals surface area contributed by atoms with Gasteiger partial charge in [-0.3, -0.25) is 9.59 Å². The number of anilines is 2. The van der Waals surface area contributed by atoms with Crippen molar-refractivity contribution in [3.05, 3.63) is 30.2 Å². The largest absolute Gasteiger partial charge is 0.479 e. The molecular weight excluding hydrogens is 323 g/mol. The number of carbonyl (C=O) groups excluding carboxylic acids is 2. The number of imide groups is 1. The predicted octanol–water partition coefficient (Wildman–Crippen LogP) is 2.21. The summed E-state index contributed by atoms with van der Waals surface area (Å²) in [6.07, 6.45) is 7.67. The molecule has 0 N–H and O–H groups in total. The van der Waals surface area contributed by atoms with Crippen LogP contribution in [0.25, 0.3) is 0 Å². The van der Waals surface area contributed by atoms with E-state index in [0.29, 0.717) is 17.9 Å². The molecule has 3 fully saturated rings. The molecule has 0 radical (unpaired) electrons. The summed E-state index contributed by atoms with van der Waals surface area (Å²) in [6, 6.07) is 2.72. The number of halogens is 1. The highest BCUT2D eigenvalue weighted by molar-refractivity contribution is 6.25. The number of nitrogens with zero attached hydrogens (tertiary/aromatic N) is 2. The van der Waals surface area contributed by atoms with E-state index in [2.05, 4.69) is 12.5 Å². The van der Waals surface area contributed by atoms with Crippen LogP contribution in [0.15, 0.2) is 24.4 Å². The molecule has 1 aromatic rings. The maximum Gasteiger partial charge on any atom is 0.237 e. The average molecular weight is 338 g/mol. The lowest BCUT2D eigenvalue weighted by molar-refractivity contribution is -0.123. The van der Waals surface area contributed by atoms with Crippen molar-refractivity contribution in [1.29, 1.82) is 0 Å². The summed E-state index contributed by atoms with van der Waals surface area (Å²) >= 11 is 0. The third-order valence-corrected chi connectivity index (χ3v) is 5.54. The van der Waals surface area contributed by atoms with Crippen LogP contribution in [0.2, 0.25) is 0 Å². The first-order valence-corrected chi connectivity index (χ1v) is 8.27. The highest BCUT2D eigenvalue weighted by Gasteiger charge is 2.60. The summed E-state index contributed by atoms with van der Waals surface area (Å²) in [4.78, 5) is 27.4. The number of piperidine rings is 1. The molecule has 2 amide bonds. The third kappa shape index (κ3) is 1.78. The Morgan fingerprint density at radius 3 is 2.56 bits per heavy atom. The van der Waals surface area contributed by atoms with E-state index < -0.39 is 11.4 Å². The normalized spacial score (nSPS) is 27.8. The van der Waals surface area contributed by atoms with Crippen LogP contribution in [0, 0.1) is 30.0 Å². The second-order valence-electron chi connectivity index (χ2n) is 7.07. The van der Waals surface area contributed by atoms with Crippen molar-refractivity contribution < 1.29 is 18.7 Å². The van der Waals surface area contributed by atoms with E-state index in [1.807, 2.05) is 0 Å². The van der Waals surface area contributed by atoms with E-state index in [0.717, 1.165) is 23.4 Å². The molecule has 2 heterocycles. The summed E-state index contributed by atoms with van der Waals surface area (Å²) in [5.41, 5.74) is 0.736. The fourth-order valence-electron chi connectivity index (χ4n) is 3.85. The number of carbonyl (C=O) groups is 2. The minimum atomic E-state index is -0.647. The molecule has 2 unspecified atom stereocenters. The van der Waals surface area contributed by atoms with Crippen LogP contribution in [-0.4, -0.2) is 24.0 Å². The standard InChI is InChI=1S/C19H15FN2O3/c1-3-6-21-10(2)19(4-5-19)25-16-8-13(20)14(9-15(16)21)22-17(23)11-7-12(11)18(22)24/h1,8-9,11-12H,2,4-7H2. The van der Waals surface area contributed by atoms with Crippen molar-refractivity contribution in [3.8, 4) is 18.1 Å². The summed E-state index contributed by atoms with van der Waals surface area (Å²) in [5.74, 6) is 1.07. The van der Waals surface area contributed by atoms with Gasteiger partial charge in [-0.25, -0.2) is 9.29 Å². The minimum absolute atomic E-state index is 0.0360. The third-order valence-electron chi connectivity index (χ3n) is 5.54. The molecule has 6 heteroatoms. The number of amides is 2. The topological polar surface area (TPSA) is 49.9 Å². The van der Waals surface area contributed by atoms with Crippen molar-refractivity contribution in [2.45, 2.75) is 24.9 Å². The zero-order chi connectivity index (χ0) is 17.5. The van der Waals surface area contributed by atoms with E-state index in [9.17, 15) is 14.0 Å².